The standard InChI is InChI=1S/C30H36F3N5O5S/c1-6-42-27(39)22-20(12-37-15-30(32,33)24-21(37)13-43-38(24)11-10-29(4,5)28(40)41)35-25(26-34-16(2)14-44-26)36-23(22)18-8-7-9-19(31)17(18)3/h7-9,14,21,23-24H,6,10-13,15H2,1-5H3,(H,35,36)(H,40,41)/t21-,23+,24+/m1/s1. The molecule has 14 heteroatoms. The first-order valence-corrected chi connectivity index (χ1v) is 15.3. The number of thiazole rings is 1. The largest absolute Gasteiger partial charge is 0.481 e. The lowest BCUT2D eigenvalue weighted by atomic mass is 9.89. The van der Waals surface area contributed by atoms with Crippen LogP contribution in [-0.4, -0.2) is 88.7 Å². The topological polar surface area (TPSA) is 117 Å². The minimum absolute atomic E-state index is 0.0139. The molecule has 10 nitrogen and oxygen atoms in total. The molecule has 0 radical (unpaired) electrons. The number of carboxylic acids is 1. The summed E-state index contributed by atoms with van der Waals surface area (Å²) >= 11 is 1.33. The Labute approximate surface area is 257 Å². The fourth-order valence-electron chi connectivity index (χ4n) is 5.78. The number of aromatic nitrogens is 1. The van der Waals surface area contributed by atoms with Crippen molar-refractivity contribution < 1.29 is 37.4 Å². The van der Waals surface area contributed by atoms with Crippen LogP contribution in [0.25, 0.3) is 0 Å². The van der Waals surface area contributed by atoms with Crippen molar-refractivity contribution >= 4 is 29.1 Å². The van der Waals surface area contributed by atoms with Crippen LogP contribution in [0.4, 0.5) is 13.2 Å². The minimum atomic E-state index is -3.18. The number of benzene rings is 1. The number of aliphatic carboxylic acids is 1. The van der Waals surface area contributed by atoms with Crippen molar-refractivity contribution in [2.45, 2.75) is 65.1 Å². The number of fused-ring (bicyclic) bond motifs is 1. The highest BCUT2D eigenvalue weighted by atomic mass is 32.1. The van der Waals surface area contributed by atoms with Gasteiger partial charge in [-0.15, -0.1) is 11.3 Å². The normalized spacial score (nSPS) is 23.8. The summed E-state index contributed by atoms with van der Waals surface area (Å²) in [4.78, 5) is 41.7. The SMILES string of the molecule is CCOC(=O)C1=C(CN2CC(F)(F)[C@@H]3[C@H]2CON3CCC(C)(C)C(=O)O)NC(c2nc(C)cs2)=N[C@H]1c1cccc(F)c1C. The molecular formula is C30H36F3N5O5S. The van der Waals surface area contributed by atoms with Crippen LogP contribution < -0.4 is 5.32 Å². The van der Waals surface area contributed by atoms with Crippen LogP contribution in [0.15, 0.2) is 39.8 Å². The number of carbonyl (C=O) groups excluding carboxylic acids is 1. The summed E-state index contributed by atoms with van der Waals surface area (Å²) in [5.41, 5.74) is 0.787. The molecule has 2 aromatic rings. The zero-order chi connectivity index (χ0) is 32.0. The molecule has 0 spiro atoms. The van der Waals surface area contributed by atoms with Gasteiger partial charge in [-0.1, -0.05) is 12.1 Å². The van der Waals surface area contributed by atoms with Gasteiger partial charge in [-0.05, 0) is 58.2 Å². The van der Waals surface area contributed by atoms with E-state index in [1.54, 1.807) is 38.7 Å². The summed E-state index contributed by atoms with van der Waals surface area (Å²) in [6.07, 6.45) is 0.114. The monoisotopic (exact) mass is 635 g/mol. The maximum Gasteiger partial charge on any atom is 0.338 e. The molecule has 0 saturated carbocycles. The molecule has 3 atom stereocenters. The van der Waals surface area contributed by atoms with E-state index < -0.39 is 53.8 Å². The second-order valence-electron chi connectivity index (χ2n) is 11.9. The lowest BCUT2D eigenvalue weighted by molar-refractivity contribution is -0.186. The van der Waals surface area contributed by atoms with Gasteiger partial charge in [0.25, 0.3) is 5.92 Å². The number of rotatable bonds is 10. The summed E-state index contributed by atoms with van der Waals surface area (Å²) < 4.78 is 51.4. The Morgan fingerprint density at radius 3 is 2.70 bits per heavy atom. The van der Waals surface area contributed by atoms with Gasteiger partial charge in [0, 0.05) is 29.9 Å². The number of nitrogens with one attached hydrogen (secondary N) is 1. The molecule has 2 N–H and O–H groups in total. The predicted octanol–water partition coefficient (Wildman–Crippen LogP) is 4.24. The van der Waals surface area contributed by atoms with Gasteiger partial charge in [-0.2, -0.15) is 5.06 Å². The zero-order valence-corrected chi connectivity index (χ0v) is 26.0. The fraction of sp³-hybridized carbons (Fsp3) is 0.533. The second-order valence-corrected chi connectivity index (χ2v) is 12.8. The molecule has 0 unspecified atom stereocenters. The molecule has 5 rings (SSSR count). The van der Waals surface area contributed by atoms with E-state index in [2.05, 4.69) is 10.3 Å². The molecule has 2 fully saturated rings. The van der Waals surface area contributed by atoms with Crippen LogP contribution in [0.1, 0.15) is 55.1 Å². The molecule has 2 saturated heterocycles. The number of likely N-dealkylation sites (tertiary alicyclic amines) is 1. The van der Waals surface area contributed by atoms with E-state index in [1.165, 1.54) is 28.5 Å². The molecule has 0 aliphatic carbocycles. The lowest BCUT2D eigenvalue weighted by Crippen LogP contribution is -2.46. The van der Waals surface area contributed by atoms with E-state index in [0.717, 1.165) is 5.69 Å². The van der Waals surface area contributed by atoms with Crippen LogP contribution in [0.2, 0.25) is 0 Å². The second kappa shape index (κ2) is 12.2. The smallest absolute Gasteiger partial charge is 0.338 e. The summed E-state index contributed by atoms with van der Waals surface area (Å²) in [7, 11) is 0. The molecule has 0 bridgehead atoms. The van der Waals surface area contributed by atoms with Gasteiger partial charge in [-0.25, -0.2) is 22.9 Å². The first kappa shape index (κ1) is 32.1. The van der Waals surface area contributed by atoms with Gasteiger partial charge in [0.1, 0.15) is 17.9 Å². The third-order valence-corrected chi connectivity index (χ3v) is 9.31. The third-order valence-electron chi connectivity index (χ3n) is 8.35. The molecule has 4 heterocycles. The Morgan fingerprint density at radius 1 is 1.30 bits per heavy atom. The molecule has 0 amide bonds. The van der Waals surface area contributed by atoms with Crippen LogP contribution in [0.5, 0.6) is 0 Å². The number of esters is 1. The maximum atomic E-state index is 15.6. The predicted molar refractivity (Wildman–Crippen MR) is 157 cm³/mol. The van der Waals surface area contributed by atoms with E-state index in [-0.39, 0.29) is 38.3 Å². The number of hydrogen-bond donors (Lipinski definition) is 2. The Hall–Kier alpha value is -3.33. The van der Waals surface area contributed by atoms with Gasteiger partial charge in [-0.3, -0.25) is 19.5 Å². The van der Waals surface area contributed by atoms with Crippen molar-refractivity contribution in [1.29, 1.82) is 0 Å². The van der Waals surface area contributed by atoms with E-state index in [4.69, 9.17) is 14.6 Å². The number of carboxylic acid groups (broad SMARTS) is 1. The number of nitrogens with zero attached hydrogens (tertiary/aromatic N) is 4. The van der Waals surface area contributed by atoms with Gasteiger partial charge in [0.2, 0.25) is 0 Å². The summed E-state index contributed by atoms with van der Waals surface area (Å²) in [6.45, 7) is 7.50. The Kier molecular flexibility index (Phi) is 8.91. The first-order chi connectivity index (χ1) is 20.7. The molecule has 1 aromatic heterocycles. The summed E-state index contributed by atoms with van der Waals surface area (Å²) in [6, 6.07) is 1.51. The van der Waals surface area contributed by atoms with Crippen molar-refractivity contribution in [3.05, 3.63) is 62.5 Å². The highest BCUT2D eigenvalue weighted by Gasteiger charge is 2.61. The van der Waals surface area contributed by atoms with Gasteiger partial charge in [0.05, 0.1) is 36.8 Å². The summed E-state index contributed by atoms with van der Waals surface area (Å²) in [5.74, 6) is -5.03. The number of hydrogen-bond acceptors (Lipinski definition) is 10. The van der Waals surface area contributed by atoms with Gasteiger partial charge in [0.15, 0.2) is 10.8 Å². The van der Waals surface area contributed by atoms with E-state index in [9.17, 15) is 19.1 Å². The highest BCUT2D eigenvalue weighted by Crippen LogP contribution is 2.42. The van der Waals surface area contributed by atoms with Crippen LogP contribution in [0, 0.1) is 25.1 Å². The maximum absolute atomic E-state index is 15.6. The third kappa shape index (κ3) is 6.12. The highest BCUT2D eigenvalue weighted by molar-refractivity contribution is 7.11. The van der Waals surface area contributed by atoms with Crippen molar-refractivity contribution in [1.82, 2.24) is 20.3 Å². The summed E-state index contributed by atoms with van der Waals surface area (Å²) in [5, 5.41) is 16.2. The first-order valence-electron chi connectivity index (χ1n) is 14.4. The Balaban J connectivity index is 1.52. The van der Waals surface area contributed by atoms with Crippen molar-refractivity contribution in [2.75, 3.05) is 32.8 Å². The number of ether oxygens (including phenoxy) is 1. The molecule has 3 aliphatic heterocycles. The molecule has 3 aliphatic rings. The quantitative estimate of drug-likeness (QED) is 0.370. The molecule has 44 heavy (non-hydrogen) atoms. The molecule has 238 valence electrons. The fourth-order valence-corrected chi connectivity index (χ4v) is 6.52. The number of aryl methyl sites for hydroxylation is 1. The minimum Gasteiger partial charge on any atom is -0.481 e. The van der Waals surface area contributed by atoms with Crippen molar-refractivity contribution in [3.8, 4) is 0 Å². The Morgan fingerprint density at radius 2 is 2.05 bits per heavy atom. The number of carbonyl (C=O) groups is 2. The number of aliphatic imine (C=N–C) groups is 1. The van der Waals surface area contributed by atoms with Crippen molar-refractivity contribution in [3.63, 3.8) is 0 Å². The van der Waals surface area contributed by atoms with Crippen LogP contribution in [-0.2, 0) is 19.2 Å². The number of amidine groups is 1. The van der Waals surface area contributed by atoms with Crippen molar-refractivity contribution in [2.24, 2.45) is 10.4 Å². The van der Waals surface area contributed by atoms with E-state index in [1.807, 2.05) is 12.3 Å². The molecule has 1 aromatic carbocycles. The lowest BCUT2D eigenvalue weighted by Gasteiger charge is -2.31. The van der Waals surface area contributed by atoms with E-state index in [0.29, 0.717) is 27.7 Å². The number of alkyl halides is 2. The number of hydroxylamine groups is 2. The Bertz CT molecular complexity index is 1510. The van der Waals surface area contributed by atoms with Gasteiger partial charge < -0.3 is 15.2 Å². The average molecular weight is 636 g/mol. The van der Waals surface area contributed by atoms with Crippen LogP contribution >= 0.6 is 11.3 Å². The van der Waals surface area contributed by atoms with E-state index >= 15 is 8.78 Å². The average Bonchev–Trinajstić information content (AvgIpc) is 3.65. The molecular weight excluding hydrogens is 599 g/mol. The number of halogens is 3. The van der Waals surface area contributed by atoms with Gasteiger partial charge >= 0.3 is 11.9 Å². The van der Waals surface area contributed by atoms with Crippen LogP contribution in [0.3, 0.4) is 0 Å². The zero-order valence-electron chi connectivity index (χ0n) is 25.2.